The summed E-state index contributed by atoms with van der Waals surface area (Å²) in [6, 6.07) is 7.63. The van der Waals surface area contributed by atoms with Gasteiger partial charge in [0.25, 0.3) is 0 Å². The van der Waals surface area contributed by atoms with Crippen LogP contribution in [0.4, 0.5) is 5.69 Å². The highest BCUT2D eigenvalue weighted by Gasteiger charge is 2.33. The molecule has 1 unspecified atom stereocenters. The second kappa shape index (κ2) is 3.87. The molecule has 0 aliphatic carbocycles. The van der Waals surface area contributed by atoms with Gasteiger partial charge in [-0.2, -0.15) is 0 Å². The largest absolute Gasteiger partial charge is 0.344 e. The van der Waals surface area contributed by atoms with Crippen LogP contribution in [0.15, 0.2) is 24.3 Å². The van der Waals surface area contributed by atoms with Crippen molar-refractivity contribution in [1.29, 1.82) is 0 Å². The maximum Gasteiger partial charge on any atom is 0.249 e. The van der Waals surface area contributed by atoms with Crippen molar-refractivity contribution in [1.82, 2.24) is 5.32 Å². The number of amides is 2. The number of carbonyl (C=O) groups excluding carboxylic acids is 2. The summed E-state index contributed by atoms with van der Waals surface area (Å²) < 4.78 is 0. The van der Waals surface area contributed by atoms with Gasteiger partial charge in [0.1, 0.15) is 6.04 Å². The number of nitrogens with zero attached hydrogens (tertiary/aromatic N) is 1. The molecular weight excluding hydrogens is 216 g/mol. The first-order chi connectivity index (χ1) is 8.25. The minimum absolute atomic E-state index is 0.0177. The normalized spacial score (nSPS) is 22.5. The molecule has 0 aromatic heterocycles. The molecule has 4 heteroatoms. The number of anilines is 1. The van der Waals surface area contributed by atoms with E-state index >= 15 is 0 Å². The lowest BCUT2D eigenvalue weighted by atomic mass is 10.1. The molecule has 1 aromatic rings. The number of hydrogen-bond acceptors (Lipinski definition) is 2. The van der Waals surface area contributed by atoms with E-state index in [1.165, 1.54) is 5.56 Å². The number of fused-ring (bicyclic) bond motifs is 1. The van der Waals surface area contributed by atoms with Gasteiger partial charge in [-0.1, -0.05) is 18.2 Å². The molecule has 0 bridgehead atoms. The highest BCUT2D eigenvalue weighted by atomic mass is 16.2. The van der Waals surface area contributed by atoms with Crippen LogP contribution >= 0.6 is 0 Å². The van der Waals surface area contributed by atoms with Crippen molar-refractivity contribution in [3.05, 3.63) is 29.8 Å². The van der Waals surface area contributed by atoms with Crippen molar-refractivity contribution in [2.75, 3.05) is 11.4 Å². The third-order valence-corrected chi connectivity index (χ3v) is 3.45. The highest BCUT2D eigenvalue weighted by Crippen LogP contribution is 2.28. The van der Waals surface area contributed by atoms with Crippen LogP contribution in [0.25, 0.3) is 0 Å². The van der Waals surface area contributed by atoms with Gasteiger partial charge < -0.3 is 10.2 Å². The molecule has 3 rings (SSSR count). The molecule has 1 fully saturated rings. The molecule has 2 heterocycles. The predicted molar refractivity (Wildman–Crippen MR) is 63.7 cm³/mol. The van der Waals surface area contributed by atoms with Crippen LogP contribution in [0.3, 0.4) is 0 Å². The molecule has 2 aliphatic heterocycles. The number of benzene rings is 1. The van der Waals surface area contributed by atoms with Crippen molar-refractivity contribution in [3.63, 3.8) is 0 Å². The summed E-state index contributed by atoms with van der Waals surface area (Å²) in [4.78, 5) is 25.2. The van der Waals surface area contributed by atoms with Crippen molar-refractivity contribution < 1.29 is 9.59 Å². The zero-order valence-electron chi connectivity index (χ0n) is 9.48. The van der Waals surface area contributed by atoms with Crippen molar-refractivity contribution in [2.24, 2.45) is 0 Å². The summed E-state index contributed by atoms with van der Waals surface area (Å²) in [6.07, 6.45) is 1.99. The van der Waals surface area contributed by atoms with E-state index in [2.05, 4.69) is 11.4 Å². The van der Waals surface area contributed by atoms with Crippen LogP contribution in [-0.4, -0.2) is 24.4 Å². The van der Waals surface area contributed by atoms with Gasteiger partial charge in [0.2, 0.25) is 11.8 Å². The average molecular weight is 230 g/mol. The Morgan fingerprint density at radius 2 is 2.12 bits per heavy atom. The lowest BCUT2D eigenvalue weighted by molar-refractivity contribution is -0.124. The minimum Gasteiger partial charge on any atom is -0.344 e. The Hall–Kier alpha value is -1.84. The van der Waals surface area contributed by atoms with Crippen molar-refractivity contribution >= 4 is 17.5 Å². The Bertz CT molecular complexity index is 484. The fourth-order valence-corrected chi connectivity index (χ4v) is 2.55. The van der Waals surface area contributed by atoms with E-state index in [0.29, 0.717) is 12.8 Å². The van der Waals surface area contributed by atoms with Gasteiger partial charge in [0.15, 0.2) is 0 Å². The molecule has 1 N–H and O–H groups in total. The molecular formula is C13H14N2O2. The monoisotopic (exact) mass is 230 g/mol. The molecule has 1 saturated heterocycles. The molecule has 88 valence electrons. The summed E-state index contributed by atoms with van der Waals surface area (Å²) in [5.74, 6) is 0.0108. The van der Waals surface area contributed by atoms with Crippen LogP contribution in [0.1, 0.15) is 18.4 Å². The lowest BCUT2D eigenvalue weighted by Crippen LogP contribution is -2.43. The Kier molecular flexibility index (Phi) is 2.35. The Balaban J connectivity index is 1.82. The Morgan fingerprint density at radius 1 is 1.29 bits per heavy atom. The number of para-hydroxylation sites is 1. The Morgan fingerprint density at radius 3 is 2.88 bits per heavy atom. The first-order valence-electron chi connectivity index (χ1n) is 5.94. The van der Waals surface area contributed by atoms with Crippen LogP contribution in [0.5, 0.6) is 0 Å². The van der Waals surface area contributed by atoms with Gasteiger partial charge >= 0.3 is 0 Å². The second-order valence-corrected chi connectivity index (χ2v) is 4.53. The molecule has 2 amide bonds. The lowest BCUT2D eigenvalue weighted by Gasteiger charge is -2.21. The van der Waals surface area contributed by atoms with Crippen LogP contribution in [0.2, 0.25) is 0 Å². The summed E-state index contributed by atoms with van der Waals surface area (Å²) in [5.41, 5.74) is 2.21. The summed E-state index contributed by atoms with van der Waals surface area (Å²) in [7, 11) is 0. The number of carbonyl (C=O) groups is 2. The molecule has 0 saturated carbocycles. The molecule has 2 aliphatic rings. The van der Waals surface area contributed by atoms with E-state index in [9.17, 15) is 9.59 Å². The first-order valence-corrected chi connectivity index (χ1v) is 5.94. The third-order valence-electron chi connectivity index (χ3n) is 3.45. The number of rotatable bonds is 1. The van der Waals surface area contributed by atoms with E-state index in [0.717, 1.165) is 18.7 Å². The maximum absolute atomic E-state index is 12.3. The number of hydrogen-bond donors (Lipinski definition) is 1. The number of nitrogens with one attached hydrogen (secondary N) is 1. The standard InChI is InChI=1S/C13H14N2O2/c16-12-6-5-10(14-12)13(17)15-8-7-9-3-1-2-4-11(9)15/h1-4,10H,5-8H2,(H,14,16). The molecule has 17 heavy (non-hydrogen) atoms. The second-order valence-electron chi connectivity index (χ2n) is 4.53. The summed E-state index contributed by atoms with van der Waals surface area (Å²) in [6.45, 7) is 0.727. The van der Waals surface area contributed by atoms with E-state index in [1.54, 1.807) is 4.90 Å². The van der Waals surface area contributed by atoms with E-state index < -0.39 is 0 Å². The van der Waals surface area contributed by atoms with Gasteiger partial charge in [-0.05, 0) is 24.5 Å². The fraction of sp³-hybridized carbons (Fsp3) is 0.385. The fourth-order valence-electron chi connectivity index (χ4n) is 2.55. The van der Waals surface area contributed by atoms with Gasteiger partial charge in [0, 0.05) is 18.7 Å². The molecule has 0 radical (unpaired) electrons. The minimum atomic E-state index is -0.325. The smallest absolute Gasteiger partial charge is 0.249 e. The molecule has 1 atom stereocenters. The van der Waals surface area contributed by atoms with Crippen molar-refractivity contribution in [2.45, 2.75) is 25.3 Å². The molecule has 4 nitrogen and oxygen atoms in total. The van der Waals surface area contributed by atoms with Gasteiger partial charge in [0.05, 0.1) is 0 Å². The highest BCUT2D eigenvalue weighted by molar-refractivity contribution is 6.02. The maximum atomic E-state index is 12.3. The third kappa shape index (κ3) is 1.69. The average Bonchev–Trinajstić information content (AvgIpc) is 2.94. The quantitative estimate of drug-likeness (QED) is 0.777. The van der Waals surface area contributed by atoms with Crippen LogP contribution < -0.4 is 10.2 Å². The summed E-state index contributed by atoms with van der Waals surface area (Å²) in [5, 5.41) is 2.73. The molecule has 0 spiro atoms. The summed E-state index contributed by atoms with van der Waals surface area (Å²) >= 11 is 0. The topological polar surface area (TPSA) is 49.4 Å². The van der Waals surface area contributed by atoms with E-state index in [4.69, 9.17) is 0 Å². The Labute approximate surface area is 99.6 Å². The van der Waals surface area contributed by atoms with E-state index in [1.807, 2.05) is 18.2 Å². The molecule has 1 aromatic carbocycles. The first kappa shape index (κ1) is 10.3. The zero-order chi connectivity index (χ0) is 11.8. The van der Waals surface area contributed by atoms with Gasteiger partial charge in [-0.3, -0.25) is 9.59 Å². The van der Waals surface area contributed by atoms with Crippen LogP contribution in [-0.2, 0) is 16.0 Å². The zero-order valence-corrected chi connectivity index (χ0v) is 9.48. The SMILES string of the molecule is O=C1CCC(C(=O)N2CCc3ccccc32)N1. The van der Waals surface area contributed by atoms with Gasteiger partial charge in [-0.15, -0.1) is 0 Å². The van der Waals surface area contributed by atoms with Crippen LogP contribution in [0, 0.1) is 0 Å². The van der Waals surface area contributed by atoms with E-state index in [-0.39, 0.29) is 17.9 Å². The van der Waals surface area contributed by atoms with Crippen molar-refractivity contribution in [3.8, 4) is 0 Å². The van der Waals surface area contributed by atoms with Gasteiger partial charge in [-0.25, -0.2) is 0 Å². The predicted octanol–water partition coefficient (Wildman–Crippen LogP) is 0.854.